The van der Waals surface area contributed by atoms with E-state index in [0.717, 1.165) is 17.3 Å². The third kappa shape index (κ3) is 51.2. The zero-order valence-corrected chi connectivity index (χ0v) is 51.0. The predicted octanol–water partition coefficient (Wildman–Crippen LogP) is 6.05. The fourth-order valence-corrected chi connectivity index (χ4v) is 3.33. The molecule has 0 unspecified atom stereocenters. The summed E-state index contributed by atoms with van der Waals surface area (Å²) in [7, 11) is 6.06. The standard InChI is InChI=1S/C12H14NO4.C10H6NO2.C8H6O3.C4H10NO2.C3H8.C2H4NO2.C2H4NO.3CH4.5Y/c1-16-11(17-2)8-13-7-9-4-3-5-10(6-9)12(14)15;12-10(13)8-2-1-7-3-4-11-6-9(7)5-8;9-5-6-2-1-3-7(4-6)8(10)11;1-6-4(3-5)7-2;1-3-2;3-1-2(4)5;3-1-2-4;;;;;;;;/h3-8,11H,1-2H3,(H,14,15);1-3,5-6H,(H,12,13);1-5H,(H,10,11);3-4H,5H2,1-2H3;3H2,1-2H3;1H,3H2,(H,4,5);1-2H,3H2;3*1H4;;;;;/q2*-1;;-1;;2*-1;;;;;;;;. The summed E-state index contributed by atoms with van der Waals surface area (Å²) in [5.41, 5.74) is 15.7. The van der Waals surface area contributed by atoms with Crippen LogP contribution in [-0.2, 0) is 192 Å². The number of benzene rings is 3. The van der Waals surface area contributed by atoms with Gasteiger partial charge in [-0.05, 0) is 24.5 Å². The predicted molar refractivity (Wildman–Crippen MR) is 243 cm³/mol. The van der Waals surface area contributed by atoms with Crippen LogP contribution in [0.3, 0.4) is 0 Å². The van der Waals surface area contributed by atoms with Gasteiger partial charge in [-0.1, -0.05) is 110 Å². The second-order valence-electron chi connectivity index (χ2n) is 10.5. The second kappa shape index (κ2) is 63.8. The van der Waals surface area contributed by atoms with Crippen LogP contribution in [0.25, 0.3) is 10.8 Å². The number of aromatic carboxylic acids is 3. The number of aldehydes is 2. The number of ether oxygens (including phenoxy) is 4. The molecule has 0 atom stereocenters. The number of hydrogen-bond acceptors (Lipinski definition) is 15. The van der Waals surface area contributed by atoms with E-state index in [-0.39, 0.29) is 209 Å². The number of nitrogens with zero attached hydrogens (tertiary/aromatic N) is 2. The van der Waals surface area contributed by atoms with E-state index in [1.54, 1.807) is 48.7 Å². The number of rotatable bonds is 14. The molecule has 10 N–H and O–H groups in total. The Hall–Kier alpha value is -1.19. The van der Waals surface area contributed by atoms with Gasteiger partial charge in [-0.2, -0.15) is 6.07 Å². The van der Waals surface area contributed by atoms with Crippen molar-refractivity contribution >= 4 is 53.4 Å². The van der Waals surface area contributed by atoms with E-state index >= 15 is 0 Å². The van der Waals surface area contributed by atoms with Crippen molar-refractivity contribution in [3.8, 4) is 0 Å². The van der Waals surface area contributed by atoms with Crippen molar-refractivity contribution in [2.45, 2.75) is 55.1 Å². The number of carbonyl (C=O) groups excluding carboxylic acids is 2. The Morgan fingerprint density at radius 2 is 1.07 bits per heavy atom. The molecule has 19 nitrogen and oxygen atoms in total. The first-order valence-corrected chi connectivity index (χ1v) is 17.0. The van der Waals surface area contributed by atoms with Gasteiger partial charge in [0.2, 0.25) is 0 Å². The fraction of sp³-hybridized carbons (Fsp3) is 0.273. The number of hydrogen-bond donors (Lipinski definition) is 7. The number of aliphatic carboxylic acids is 1. The normalized spacial score (nSPS) is 8.28. The maximum Gasteiger partial charge on any atom is 0.335 e. The summed E-state index contributed by atoms with van der Waals surface area (Å²) in [5.74, 6) is -4.00. The maximum absolute atomic E-state index is 10.7. The Morgan fingerprint density at radius 3 is 1.41 bits per heavy atom. The van der Waals surface area contributed by atoms with Gasteiger partial charge < -0.3 is 71.3 Å². The minimum Gasteiger partial charge on any atom is -0.502 e. The summed E-state index contributed by atoms with van der Waals surface area (Å²) in [6, 6.07) is 19.0. The van der Waals surface area contributed by atoms with Crippen LogP contribution in [0.5, 0.6) is 0 Å². The van der Waals surface area contributed by atoms with E-state index in [2.05, 4.69) is 51.0 Å². The van der Waals surface area contributed by atoms with Crippen molar-refractivity contribution in [2.24, 2.45) is 22.2 Å². The molecule has 4 rings (SSSR count). The molecule has 0 aliphatic rings. The number of aromatic nitrogens is 1. The second-order valence-corrected chi connectivity index (χ2v) is 10.5. The molecule has 0 spiro atoms. The fourth-order valence-electron chi connectivity index (χ4n) is 3.33. The molecule has 68 heavy (non-hydrogen) atoms. The molecule has 1 heterocycles. The number of methoxy groups -OCH3 is 4. The quantitative estimate of drug-likeness (QED) is 0.0327. The Balaban J connectivity index is -0.0000000646. The summed E-state index contributed by atoms with van der Waals surface area (Å²) in [6.07, 6.45) is 7.35. The summed E-state index contributed by atoms with van der Waals surface area (Å²) in [5, 5.41) is 35.3. The smallest absolute Gasteiger partial charge is 0.335 e. The van der Waals surface area contributed by atoms with Gasteiger partial charge in [0.1, 0.15) is 12.6 Å². The van der Waals surface area contributed by atoms with Gasteiger partial charge in [0, 0.05) is 204 Å². The molecule has 24 heteroatoms. The van der Waals surface area contributed by atoms with E-state index in [1.165, 1.54) is 84.5 Å². The zero-order valence-electron chi connectivity index (χ0n) is 36.8. The monoisotopic (exact) mass is 1330 g/mol. The number of carboxylic acids is 4. The minimum absolute atomic E-state index is 0. The van der Waals surface area contributed by atoms with Crippen LogP contribution in [0, 0.1) is 32.4 Å². The molecule has 0 saturated heterocycles. The van der Waals surface area contributed by atoms with Crippen LogP contribution in [0.4, 0.5) is 0 Å². The van der Waals surface area contributed by atoms with Crippen LogP contribution in [-0.4, -0.2) is 109 Å². The third-order valence-electron chi connectivity index (χ3n) is 5.97. The third-order valence-corrected chi connectivity index (χ3v) is 5.97. The van der Waals surface area contributed by atoms with Gasteiger partial charge in [-0.3, -0.25) is 16.1 Å². The topological polar surface area (TPSA) is 324 Å². The number of carboxylic acid groups (broad SMARTS) is 4. The number of nitrogens with two attached hydrogens (primary N) is 3. The van der Waals surface area contributed by atoms with Gasteiger partial charge in [0.05, 0.1) is 16.7 Å². The SMILES string of the molecule is C.C.C.CCC.COC([CH-]N)OC.COC([CH-]N=Cc1cccc(C(=O)O)c1)OC.N[CH-]C(=O)O.N[CH-]C=O.O=C(O)c1ccc2c[c-]ncc2c1.O=Cc1cccc(C(=O)O)c1.[Y].[Y].[Y].[Y].[Y]. The van der Waals surface area contributed by atoms with Gasteiger partial charge in [-0.15, -0.1) is 23.1 Å². The first-order valence-electron chi connectivity index (χ1n) is 17.0. The van der Waals surface area contributed by atoms with E-state index in [1.807, 2.05) is 0 Å². The van der Waals surface area contributed by atoms with Crippen molar-refractivity contribution in [3.05, 3.63) is 139 Å². The Morgan fingerprint density at radius 1 is 0.676 bits per heavy atom. The molecule has 0 amide bonds. The maximum atomic E-state index is 10.7. The number of aliphatic imine (C=N–C) groups is 1. The molecule has 5 radical (unpaired) electrons. The largest absolute Gasteiger partial charge is 0.502 e. The number of pyridine rings is 1. The molecule has 3 aromatic carbocycles. The summed E-state index contributed by atoms with van der Waals surface area (Å²) < 4.78 is 19.1. The van der Waals surface area contributed by atoms with Crippen molar-refractivity contribution in [3.63, 3.8) is 0 Å². The van der Waals surface area contributed by atoms with Gasteiger partial charge in [0.25, 0.3) is 0 Å². The van der Waals surface area contributed by atoms with E-state index in [4.69, 9.17) is 40.4 Å². The average Bonchev–Trinajstić information content (AvgIpc) is 3.27. The van der Waals surface area contributed by atoms with Crippen molar-refractivity contribution in [2.75, 3.05) is 28.4 Å². The van der Waals surface area contributed by atoms with Crippen LogP contribution in [0.1, 0.15) is 89.5 Å². The number of fused-ring (bicyclic) bond motifs is 1. The van der Waals surface area contributed by atoms with Gasteiger partial charge in [-0.25, -0.2) is 27.5 Å². The minimum atomic E-state index is -1.09. The Labute approximate surface area is 527 Å². The summed E-state index contributed by atoms with van der Waals surface area (Å²) in [4.78, 5) is 67.9. The summed E-state index contributed by atoms with van der Waals surface area (Å²) >= 11 is 0. The van der Waals surface area contributed by atoms with Gasteiger partial charge >= 0.3 is 17.9 Å². The van der Waals surface area contributed by atoms with Crippen molar-refractivity contribution < 1.29 is 232 Å². The molecule has 0 aliphatic carbocycles. The molecule has 4 aromatic rings. The Bertz CT molecular complexity index is 1860. The molecule has 0 bridgehead atoms. The van der Waals surface area contributed by atoms with Crippen LogP contribution < -0.4 is 17.2 Å². The Kier molecular flexibility index (Phi) is 87.2. The van der Waals surface area contributed by atoms with Crippen LogP contribution >= 0.6 is 0 Å². The zero-order chi connectivity index (χ0) is 46.3. The molecule has 1 aromatic heterocycles. The molecule has 0 aliphatic heterocycles. The van der Waals surface area contributed by atoms with Crippen LogP contribution in [0.2, 0.25) is 0 Å². The van der Waals surface area contributed by atoms with Crippen LogP contribution in [0.15, 0.2) is 84.0 Å². The number of carbonyl (C=O) groups is 6. The molecule has 369 valence electrons. The van der Waals surface area contributed by atoms with Crippen molar-refractivity contribution in [1.29, 1.82) is 0 Å². The molecule has 0 fully saturated rings. The first-order chi connectivity index (χ1) is 28.6. The molecular formula is C44H64N5O14Y5-5. The molecular weight excluding hydrogens is 1270 g/mol. The van der Waals surface area contributed by atoms with Gasteiger partial charge in [0.15, 0.2) is 5.97 Å². The van der Waals surface area contributed by atoms with E-state index in [9.17, 15) is 24.0 Å². The van der Waals surface area contributed by atoms with Crippen molar-refractivity contribution in [1.82, 2.24) is 4.98 Å². The average molecular weight is 1330 g/mol. The summed E-state index contributed by atoms with van der Waals surface area (Å²) in [6.45, 7) is 8.59. The van der Waals surface area contributed by atoms with E-state index in [0.29, 0.717) is 30.2 Å². The first kappa shape index (κ1) is 92.9. The molecule has 0 saturated carbocycles. The van der Waals surface area contributed by atoms with E-state index < -0.39 is 30.2 Å².